The molecule has 2 N–H and O–H groups in total. The second-order valence-electron chi connectivity index (χ2n) is 7.45. The number of carbonyl (C=O) groups excluding carboxylic acids is 1. The number of halogens is 2. The SMILES string of the molecule is [C-]#[N+]C1=C(SCCCC)NC(C)=C(C(=O)Nc2ccccc2OC)C1c1ccc(Cl)cc1Cl. The van der Waals surface area contributed by atoms with Crippen LogP contribution in [0.5, 0.6) is 5.75 Å². The highest BCUT2D eigenvalue weighted by molar-refractivity contribution is 8.03. The highest BCUT2D eigenvalue weighted by Crippen LogP contribution is 2.44. The minimum atomic E-state index is -0.632. The molecule has 0 aliphatic carbocycles. The zero-order valence-electron chi connectivity index (χ0n) is 18.7. The molecule has 0 bridgehead atoms. The zero-order chi connectivity index (χ0) is 24.0. The summed E-state index contributed by atoms with van der Waals surface area (Å²) in [5, 5.41) is 7.89. The molecule has 2 aromatic carbocycles. The third-order valence-corrected chi connectivity index (χ3v) is 6.89. The summed E-state index contributed by atoms with van der Waals surface area (Å²) in [6.45, 7) is 11.9. The van der Waals surface area contributed by atoms with E-state index in [4.69, 9.17) is 34.5 Å². The van der Waals surface area contributed by atoms with Gasteiger partial charge in [0.2, 0.25) is 5.70 Å². The smallest absolute Gasteiger partial charge is 0.253 e. The minimum absolute atomic E-state index is 0.334. The normalized spacial score (nSPS) is 15.7. The molecule has 1 atom stereocenters. The molecule has 0 aromatic heterocycles. The molecule has 33 heavy (non-hydrogen) atoms. The van der Waals surface area contributed by atoms with Gasteiger partial charge in [-0.05, 0) is 48.9 Å². The monoisotopic (exact) mass is 501 g/mol. The molecule has 1 amide bonds. The predicted octanol–water partition coefficient (Wildman–Crippen LogP) is 7.22. The van der Waals surface area contributed by atoms with E-state index in [2.05, 4.69) is 22.4 Å². The Morgan fingerprint density at radius 1 is 1.27 bits per heavy atom. The molecule has 0 saturated heterocycles. The van der Waals surface area contributed by atoms with Gasteiger partial charge in [-0.1, -0.05) is 54.7 Å². The van der Waals surface area contributed by atoms with Crippen LogP contribution in [0.15, 0.2) is 64.5 Å². The van der Waals surface area contributed by atoms with E-state index in [1.54, 1.807) is 49.2 Å². The number of thioether (sulfide) groups is 1. The number of dihydropyridines is 1. The lowest BCUT2D eigenvalue weighted by atomic mass is 9.85. The van der Waals surface area contributed by atoms with Crippen LogP contribution in [-0.4, -0.2) is 18.8 Å². The number of nitrogens with one attached hydrogen (secondary N) is 2. The molecule has 1 aliphatic rings. The third kappa shape index (κ3) is 5.67. The van der Waals surface area contributed by atoms with Crippen molar-refractivity contribution in [3.8, 4) is 5.75 Å². The van der Waals surface area contributed by atoms with Crippen molar-refractivity contribution in [2.75, 3.05) is 18.2 Å². The zero-order valence-corrected chi connectivity index (χ0v) is 21.0. The fraction of sp³-hybridized carbons (Fsp3) is 0.280. The number of anilines is 1. The Labute approximate surface area is 209 Å². The maximum atomic E-state index is 13.6. The average Bonchev–Trinajstić information content (AvgIpc) is 2.79. The largest absolute Gasteiger partial charge is 0.495 e. The van der Waals surface area contributed by atoms with Crippen molar-refractivity contribution in [1.29, 1.82) is 0 Å². The fourth-order valence-corrected chi connectivity index (χ4v) is 5.30. The molecule has 3 rings (SSSR count). The van der Waals surface area contributed by atoms with Crippen LogP contribution < -0.4 is 15.4 Å². The summed E-state index contributed by atoms with van der Waals surface area (Å²) in [5.41, 5.74) is 2.74. The summed E-state index contributed by atoms with van der Waals surface area (Å²) in [4.78, 5) is 17.4. The number of methoxy groups -OCH3 is 1. The van der Waals surface area contributed by atoms with Crippen LogP contribution >= 0.6 is 35.0 Å². The first-order chi connectivity index (χ1) is 15.9. The van der Waals surface area contributed by atoms with Gasteiger partial charge < -0.3 is 15.4 Å². The van der Waals surface area contributed by atoms with Crippen LogP contribution in [0.25, 0.3) is 4.85 Å². The van der Waals surface area contributed by atoms with Gasteiger partial charge in [-0.3, -0.25) is 4.79 Å². The van der Waals surface area contributed by atoms with Crippen LogP contribution in [0.1, 0.15) is 38.2 Å². The molecular formula is C25H25Cl2N3O2S. The number of nitrogens with zero attached hydrogens (tertiary/aromatic N) is 1. The molecular weight excluding hydrogens is 477 g/mol. The Balaban J connectivity index is 2.09. The van der Waals surface area contributed by atoms with Crippen LogP contribution in [0, 0.1) is 6.57 Å². The van der Waals surface area contributed by atoms with E-state index in [1.807, 2.05) is 19.1 Å². The maximum Gasteiger partial charge on any atom is 0.253 e. The third-order valence-electron chi connectivity index (χ3n) is 5.24. The molecule has 5 nitrogen and oxygen atoms in total. The van der Waals surface area contributed by atoms with Gasteiger partial charge in [0.1, 0.15) is 5.75 Å². The van der Waals surface area contributed by atoms with Gasteiger partial charge in [-0.25, -0.2) is 4.85 Å². The van der Waals surface area contributed by atoms with E-state index in [0.717, 1.165) is 23.6 Å². The minimum Gasteiger partial charge on any atom is -0.495 e. The molecule has 8 heteroatoms. The first-order valence-electron chi connectivity index (χ1n) is 10.5. The van der Waals surface area contributed by atoms with Crippen molar-refractivity contribution in [3.63, 3.8) is 0 Å². The molecule has 172 valence electrons. The van der Waals surface area contributed by atoms with Crippen LogP contribution in [-0.2, 0) is 4.79 Å². The predicted molar refractivity (Wildman–Crippen MR) is 138 cm³/mol. The summed E-state index contributed by atoms with van der Waals surface area (Å²) >= 11 is 14.3. The van der Waals surface area contributed by atoms with Gasteiger partial charge in [-0.2, -0.15) is 0 Å². The van der Waals surface area contributed by atoms with Crippen LogP contribution in [0.3, 0.4) is 0 Å². The molecule has 0 saturated carbocycles. The highest BCUT2D eigenvalue weighted by Gasteiger charge is 2.36. The number of para-hydroxylation sites is 2. The van der Waals surface area contributed by atoms with Crippen molar-refractivity contribution < 1.29 is 9.53 Å². The van der Waals surface area contributed by atoms with Gasteiger partial charge in [0, 0.05) is 21.3 Å². The van der Waals surface area contributed by atoms with Crippen molar-refractivity contribution >= 4 is 46.6 Å². The lowest BCUT2D eigenvalue weighted by Crippen LogP contribution is -2.30. The van der Waals surface area contributed by atoms with E-state index in [0.29, 0.717) is 44.0 Å². The Morgan fingerprint density at radius 2 is 2.03 bits per heavy atom. The Morgan fingerprint density at radius 3 is 2.70 bits per heavy atom. The summed E-state index contributed by atoms with van der Waals surface area (Å²) in [6.07, 6.45) is 2.08. The molecule has 1 unspecified atom stereocenters. The van der Waals surface area contributed by atoms with Gasteiger partial charge in [0.05, 0.1) is 30.3 Å². The van der Waals surface area contributed by atoms with Crippen molar-refractivity contribution in [2.24, 2.45) is 0 Å². The molecule has 0 spiro atoms. The van der Waals surface area contributed by atoms with Crippen LogP contribution in [0.2, 0.25) is 10.0 Å². The van der Waals surface area contributed by atoms with Gasteiger partial charge in [0.25, 0.3) is 5.91 Å². The fourth-order valence-electron chi connectivity index (χ4n) is 3.61. The van der Waals surface area contributed by atoms with E-state index >= 15 is 0 Å². The number of hydrogen-bond donors (Lipinski definition) is 2. The summed E-state index contributed by atoms with van der Waals surface area (Å²) in [7, 11) is 1.55. The van der Waals surface area contributed by atoms with Gasteiger partial charge in [-0.15, -0.1) is 11.8 Å². The molecule has 2 aromatic rings. The Kier molecular flexibility index (Phi) is 8.74. The van der Waals surface area contributed by atoms with Crippen molar-refractivity contribution in [2.45, 2.75) is 32.6 Å². The Hall–Kier alpha value is -2.59. The lowest BCUT2D eigenvalue weighted by molar-refractivity contribution is -0.113. The summed E-state index contributed by atoms with van der Waals surface area (Å²) in [5.74, 6) is 0.451. The molecule has 1 aliphatic heterocycles. The number of allylic oxidation sites excluding steroid dienone is 2. The highest BCUT2D eigenvalue weighted by atomic mass is 35.5. The lowest BCUT2D eigenvalue weighted by Gasteiger charge is -2.30. The summed E-state index contributed by atoms with van der Waals surface area (Å²) in [6, 6.07) is 12.3. The summed E-state index contributed by atoms with van der Waals surface area (Å²) < 4.78 is 5.38. The van der Waals surface area contributed by atoms with Crippen LogP contribution in [0.4, 0.5) is 5.69 Å². The number of rotatable bonds is 8. The number of carbonyl (C=O) groups is 1. The number of benzene rings is 2. The number of hydrogen-bond acceptors (Lipinski definition) is 4. The molecule has 0 fully saturated rings. The van der Waals surface area contributed by atoms with Gasteiger partial charge >= 0.3 is 0 Å². The Bertz CT molecular complexity index is 1150. The van der Waals surface area contributed by atoms with E-state index < -0.39 is 5.92 Å². The average molecular weight is 502 g/mol. The number of ether oxygens (including phenoxy) is 1. The van der Waals surface area contributed by atoms with E-state index in [9.17, 15) is 4.79 Å². The quantitative estimate of drug-likeness (QED) is 0.296. The van der Waals surface area contributed by atoms with Crippen molar-refractivity contribution in [3.05, 3.63) is 91.5 Å². The topological polar surface area (TPSA) is 54.7 Å². The first-order valence-corrected chi connectivity index (χ1v) is 12.3. The van der Waals surface area contributed by atoms with Crippen molar-refractivity contribution in [1.82, 2.24) is 5.32 Å². The number of unbranched alkanes of at least 4 members (excludes halogenated alkanes) is 1. The van der Waals surface area contributed by atoms with E-state index in [1.165, 1.54) is 0 Å². The first kappa shape index (κ1) is 25.0. The number of amides is 1. The maximum absolute atomic E-state index is 13.6. The standard InChI is InChI=1S/C25H25Cl2N3O2S/c1-5-6-13-33-25-23(28-3)22(17-12-11-16(26)14-18(17)27)21(15(2)29-25)24(31)30-19-9-7-8-10-20(19)32-4/h7-12,14,22,29H,5-6,13H2,1-2,4H3,(H,30,31). The van der Waals surface area contributed by atoms with E-state index in [-0.39, 0.29) is 5.91 Å². The second-order valence-corrected chi connectivity index (χ2v) is 9.39. The van der Waals surface area contributed by atoms with Gasteiger partial charge in [0.15, 0.2) is 0 Å². The molecule has 0 radical (unpaired) electrons. The second kappa shape index (κ2) is 11.5. The molecule has 1 heterocycles.